The average molecular weight is 707 g/mol. The summed E-state index contributed by atoms with van der Waals surface area (Å²) in [7, 11) is 0. The summed E-state index contributed by atoms with van der Waals surface area (Å²) >= 11 is 0. The highest BCUT2D eigenvalue weighted by molar-refractivity contribution is 5.68. The number of carboxylic acid groups (broad SMARTS) is 2. The number of carbonyl (C=O) groups excluding carboxylic acids is 2. The van der Waals surface area contributed by atoms with Crippen molar-refractivity contribution in [1.82, 2.24) is 10.8 Å². The second-order valence-corrected chi connectivity index (χ2v) is 17.1. The topological polar surface area (TPSA) is 181 Å². The van der Waals surface area contributed by atoms with E-state index in [0.29, 0.717) is 55.3 Å². The number of nitrogens with one attached hydrogen (secondary N) is 2. The molecule has 5 aliphatic rings. The SMILES string of the molecule is CC(CC[C@@]1(O)OC2CC3C4CCC5CC(OCN[C@@H](C=O)CCC(=O)O)CCC5(C)C4CCC3(C)C2[C@@H]1C)CON[C@@H](C=O)CCC(=O)O. The normalized spacial score (nSPS) is 40.8. The maximum atomic E-state index is 11.9. The van der Waals surface area contributed by atoms with Crippen LogP contribution < -0.4 is 10.8 Å². The van der Waals surface area contributed by atoms with Gasteiger partial charge in [0.1, 0.15) is 12.6 Å². The van der Waals surface area contributed by atoms with Crippen molar-refractivity contribution in [3.63, 3.8) is 0 Å². The quantitative estimate of drug-likeness (QED) is 0.0710. The van der Waals surface area contributed by atoms with E-state index in [0.717, 1.165) is 38.4 Å². The molecule has 0 spiro atoms. The third-order valence-electron chi connectivity index (χ3n) is 14.2. The summed E-state index contributed by atoms with van der Waals surface area (Å²) in [6.45, 7) is 9.84. The predicted molar refractivity (Wildman–Crippen MR) is 183 cm³/mol. The molecule has 12 heteroatoms. The van der Waals surface area contributed by atoms with Crippen LogP contribution in [-0.2, 0) is 33.5 Å². The fraction of sp³-hybridized carbons (Fsp3) is 0.895. The second kappa shape index (κ2) is 16.4. The van der Waals surface area contributed by atoms with Crippen molar-refractivity contribution in [3.8, 4) is 0 Å². The van der Waals surface area contributed by atoms with E-state index in [4.69, 9.17) is 24.5 Å². The second-order valence-electron chi connectivity index (χ2n) is 17.1. The van der Waals surface area contributed by atoms with Crippen LogP contribution in [0.15, 0.2) is 0 Å². The van der Waals surface area contributed by atoms with Crippen LogP contribution in [0.3, 0.4) is 0 Å². The molecular weight excluding hydrogens is 644 g/mol. The maximum absolute atomic E-state index is 11.9. The van der Waals surface area contributed by atoms with Gasteiger partial charge in [-0.15, -0.1) is 0 Å². The minimum absolute atomic E-state index is 0.0248. The van der Waals surface area contributed by atoms with Gasteiger partial charge < -0.3 is 39.2 Å². The molecule has 0 radical (unpaired) electrons. The van der Waals surface area contributed by atoms with E-state index in [1.54, 1.807) is 0 Å². The molecule has 0 bridgehead atoms. The average Bonchev–Trinajstić information content (AvgIpc) is 3.51. The highest BCUT2D eigenvalue weighted by Gasteiger charge is 2.68. The molecule has 12 nitrogen and oxygen atoms in total. The molecule has 4 aliphatic carbocycles. The van der Waals surface area contributed by atoms with Gasteiger partial charge in [-0.25, -0.2) is 0 Å². The molecule has 5 fully saturated rings. The molecule has 0 aromatic carbocycles. The first-order chi connectivity index (χ1) is 23.7. The van der Waals surface area contributed by atoms with Gasteiger partial charge in [-0.05, 0) is 117 Å². The van der Waals surface area contributed by atoms with Gasteiger partial charge in [-0.1, -0.05) is 27.7 Å². The van der Waals surface area contributed by atoms with Crippen molar-refractivity contribution in [3.05, 3.63) is 0 Å². The molecule has 1 saturated heterocycles. The number of hydroxylamine groups is 1. The van der Waals surface area contributed by atoms with E-state index in [-0.39, 0.29) is 67.3 Å². The number of hydrogen-bond donors (Lipinski definition) is 5. The molecule has 1 heterocycles. The number of aliphatic hydroxyl groups is 1. The third-order valence-corrected chi connectivity index (χ3v) is 14.2. The summed E-state index contributed by atoms with van der Waals surface area (Å²) < 4.78 is 12.9. The maximum Gasteiger partial charge on any atom is 0.303 e. The zero-order valence-corrected chi connectivity index (χ0v) is 30.5. The van der Waals surface area contributed by atoms with Crippen LogP contribution >= 0.6 is 0 Å². The van der Waals surface area contributed by atoms with E-state index in [1.807, 2.05) is 6.92 Å². The molecule has 0 aromatic rings. The Balaban J connectivity index is 1.11. The zero-order chi connectivity index (χ0) is 36.3. The fourth-order valence-corrected chi connectivity index (χ4v) is 11.4. The molecule has 0 amide bonds. The number of fused-ring (bicyclic) bond motifs is 7. The Morgan fingerprint density at radius 1 is 0.920 bits per heavy atom. The van der Waals surface area contributed by atoms with Crippen LogP contribution in [0.5, 0.6) is 0 Å². The first-order valence-electron chi connectivity index (χ1n) is 19.2. The Morgan fingerprint density at radius 3 is 2.28 bits per heavy atom. The fourth-order valence-electron chi connectivity index (χ4n) is 11.4. The van der Waals surface area contributed by atoms with Gasteiger partial charge in [0.15, 0.2) is 5.79 Å². The first-order valence-corrected chi connectivity index (χ1v) is 19.2. The number of aliphatic carboxylic acids is 2. The zero-order valence-electron chi connectivity index (χ0n) is 30.5. The van der Waals surface area contributed by atoms with Gasteiger partial charge in [-0.2, -0.15) is 5.48 Å². The van der Waals surface area contributed by atoms with Crippen LogP contribution in [0.1, 0.15) is 118 Å². The summed E-state index contributed by atoms with van der Waals surface area (Å²) in [5.74, 6) is -0.0272. The molecule has 0 aromatic heterocycles. The largest absolute Gasteiger partial charge is 0.481 e. The van der Waals surface area contributed by atoms with E-state index in [1.165, 1.54) is 19.3 Å². The van der Waals surface area contributed by atoms with Crippen molar-refractivity contribution in [2.45, 2.75) is 148 Å². The highest BCUT2D eigenvalue weighted by atomic mass is 16.6. The molecule has 10 unspecified atom stereocenters. The molecule has 1 aliphatic heterocycles. The van der Waals surface area contributed by atoms with Gasteiger partial charge in [0.2, 0.25) is 0 Å². The predicted octanol–water partition coefficient (Wildman–Crippen LogP) is 4.71. The molecule has 14 atom stereocenters. The Hall–Kier alpha value is -1.96. The molecule has 284 valence electrons. The number of carbonyl (C=O) groups is 4. The van der Waals surface area contributed by atoms with E-state index in [2.05, 4.69) is 31.6 Å². The number of carboxylic acids is 2. The Kier molecular flexibility index (Phi) is 12.9. The number of hydrogen-bond acceptors (Lipinski definition) is 10. The molecule has 50 heavy (non-hydrogen) atoms. The minimum atomic E-state index is -1.17. The highest BCUT2D eigenvalue weighted by Crippen LogP contribution is 2.71. The number of ether oxygens (including phenoxy) is 2. The first kappa shape index (κ1) is 39.3. The van der Waals surface area contributed by atoms with Gasteiger partial charge in [0.25, 0.3) is 0 Å². The molecular formula is C38H62N2O10. The van der Waals surface area contributed by atoms with Crippen molar-refractivity contribution in [2.75, 3.05) is 13.3 Å². The molecule has 5 N–H and O–H groups in total. The number of rotatable bonds is 19. The summed E-state index contributed by atoms with van der Waals surface area (Å²) in [5.41, 5.74) is 3.10. The van der Waals surface area contributed by atoms with Crippen LogP contribution in [0.4, 0.5) is 0 Å². The van der Waals surface area contributed by atoms with E-state index >= 15 is 0 Å². The third kappa shape index (κ3) is 8.31. The van der Waals surface area contributed by atoms with Gasteiger partial charge in [0, 0.05) is 25.2 Å². The van der Waals surface area contributed by atoms with Crippen LogP contribution in [0, 0.1) is 52.3 Å². The van der Waals surface area contributed by atoms with Crippen LogP contribution in [0.2, 0.25) is 0 Å². The van der Waals surface area contributed by atoms with Gasteiger partial charge in [0.05, 0.1) is 37.6 Å². The minimum Gasteiger partial charge on any atom is -0.481 e. The smallest absolute Gasteiger partial charge is 0.303 e. The van der Waals surface area contributed by atoms with E-state index < -0.39 is 29.8 Å². The summed E-state index contributed by atoms with van der Waals surface area (Å²) in [4.78, 5) is 49.8. The van der Waals surface area contributed by atoms with Gasteiger partial charge >= 0.3 is 11.9 Å². The van der Waals surface area contributed by atoms with Crippen LogP contribution in [-0.4, -0.2) is 83.2 Å². The van der Waals surface area contributed by atoms with Crippen molar-refractivity contribution in [2.24, 2.45) is 52.3 Å². The Bertz CT molecular complexity index is 1200. The lowest BCUT2D eigenvalue weighted by atomic mass is 9.44. The summed E-state index contributed by atoms with van der Waals surface area (Å²) in [6.07, 6.45) is 12.1. The Morgan fingerprint density at radius 2 is 1.60 bits per heavy atom. The van der Waals surface area contributed by atoms with Crippen molar-refractivity contribution < 1.29 is 48.8 Å². The van der Waals surface area contributed by atoms with Crippen molar-refractivity contribution >= 4 is 24.5 Å². The summed E-state index contributed by atoms with van der Waals surface area (Å²) in [5, 5.41) is 32.7. The van der Waals surface area contributed by atoms with Crippen molar-refractivity contribution in [1.29, 1.82) is 0 Å². The number of aldehydes is 2. The lowest BCUT2D eigenvalue weighted by molar-refractivity contribution is -0.222. The summed E-state index contributed by atoms with van der Waals surface area (Å²) in [6, 6.07) is -1.17. The van der Waals surface area contributed by atoms with Gasteiger partial charge in [-0.3, -0.25) is 14.9 Å². The standard InChI is InChI=1S/C38H62N2O10/c1-23(21-49-40-27(20-42)7-10-34(45)46)11-16-38(47)24(2)35-32(50-38)18-31-29-8-5-25-17-28(48-22-39-26(19-41)6-9-33(43)44)12-14-36(25,3)30(29)13-15-37(31,35)4/h19-20,23-32,35,39-40,47H,5-18,21-22H2,1-4H3,(H,43,44)(H,45,46)/t23?,24-,25?,26+,27+,28?,29?,30?,31?,32?,35?,36?,37?,38+/m0/s1. The monoisotopic (exact) mass is 706 g/mol. The van der Waals surface area contributed by atoms with Crippen LogP contribution in [0.25, 0.3) is 0 Å². The Labute approximate surface area is 297 Å². The molecule has 5 rings (SSSR count). The lowest BCUT2D eigenvalue weighted by Gasteiger charge is -2.61. The lowest BCUT2D eigenvalue weighted by Crippen LogP contribution is -2.55. The molecule has 4 saturated carbocycles. The van der Waals surface area contributed by atoms with E-state index in [9.17, 15) is 24.3 Å².